The zero-order chi connectivity index (χ0) is 13.8. The lowest BCUT2D eigenvalue weighted by Gasteiger charge is -2.20. The van der Waals surface area contributed by atoms with E-state index in [1.54, 1.807) is 13.1 Å². The van der Waals surface area contributed by atoms with Crippen LogP contribution < -0.4 is 5.32 Å². The maximum Gasteiger partial charge on any atom is 0.126 e. The van der Waals surface area contributed by atoms with Gasteiger partial charge in [0, 0.05) is 13.2 Å². The number of hydrogen-bond donors (Lipinski definition) is 1. The first kappa shape index (κ1) is 13.7. The van der Waals surface area contributed by atoms with Crippen LogP contribution in [0.4, 0.5) is 4.39 Å². The molecule has 102 valence electrons. The van der Waals surface area contributed by atoms with Gasteiger partial charge in [0.15, 0.2) is 0 Å². The average molecular weight is 261 g/mol. The number of halogens is 1. The van der Waals surface area contributed by atoms with E-state index in [0.29, 0.717) is 5.56 Å². The predicted molar refractivity (Wildman–Crippen MR) is 74.5 cm³/mol. The molecule has 0 fully saturated rings. The molecule has 0 amide bonds. The highest BCUT2D eigenvalue weighted by atomic mass is 19.1. The van der Waals surface area contributed by atoms with Crippen molar-refractivity contribution in [1.29, 1.82) is 0 Å². The second-order valence-electron chi connectivity index (χ2n) is 4.78. The van der Waals surface area contributed by atoms with Gasteiger partial charge < -0.3 is 5.32 Å². The SMILES string of the molecule is CCCNC(c1ccc(F)c(C)c1)c1ccnn1C. The summed E-state index contributed by atoms with van der Waals surface area (Å²) in [5.41, 5.74) is 2.82. The maximum absolute atomic E-state index is 13.4. The molecule has 0 radical (unpaired) electrons. The molecule has 2 aromatic rings. The van der Waals surface area contributed by atoms with E-state index in [2.05, 4.69) is 17.3 Å². The van der Waals surface area contributed by atoms with Gasteiger partial charge in [0.05, 0.1) is 11.7 Å². The van der Waals surface area contributed by atoms with E-state index in [1.807, 2.05) is 29.9 Å². The van der Waals surface area contributed by atoms with Gasteiger partial charge in [-0.15, -0.1) is 0 Å². The van der Waals surface area contributed by atoms with E-state index < -0.39 is 0 Å². The lowest BCUT2D eigenvalue weighted by atomic mass is 10.0. The van der Waals surface area contributed by atoms with E-state index in [1.165, 1.54) is 6.07 Å². The Bertz CT molecular complexity index is 548. The molecule has 19 heavy (non-hydrogen) atoms. The van der Waals surface area contributed by atoms with E-state index in [4.69, 9.17) is 0 Å². The van der Waals surface area contributed by atoms with Crippen LogP contribution in [-0.4, -0.2) is 16.3 Å². The van der Waals surface area contributed by atoms with Crippen LogP contribution in [0.2, 0.25) is 0 Å². The van der Waals surface area contributed by atoms with Gasteiger partial charge in [-0.05, 0) is 43.1 Å². The number of aromatic nitrogens is 2. The highest BCUT2D eigenvalue weighted by Crippen LogP contribution is 2.23. The minimum absolute atomic E-state index is 0.0479. The average Bonchev–Trinajstić information content (AvgIpc) is 2.80. The van der Waals surface area contributed by atoms with Gasteiger partial charge in [0.25, 0.3) is 0 Å². The Kier molecular flexibility index (Phi) is 4.32. The van der Waals surface area contributed by atoms with Crippen molar-refractivity contribution in [1.82, 2.24) is 15.1 Å². The number of aryl methyl sites for hydroxylation is 2. The van der Waals surface area contributed by atoms with Crippen molar-refractivity contribution >= 4 is 0 Å². The zero-order valence-electron chi connectivity index (χ0n) is 11.7. The fourth-order valence-corrected chi connectivity index (χ4v) is 2.20. The molecule has 0 aliphatic rings. The Morgan fingerprint density at radius 1 is 1.37 bits per heavy atom. The number of hydrogen-bond acceptors (Lipinski definition) is 2. The quantitative estimate of drug-likeness (QED) is 0.896. The summed E-state index contributed by atoms with van der Waals surface area (Å²) in [7, 11) is 1.92. The molecule has 1 N–H and O–H groups in total. The first-order valence-corrected chi connectivity index (χ1v) is 6.60. The van der Waals surface area contributed by atoms with Gasteiger partial charge in [-0.2, -0.15) is 5.10 Å². The number of nitrogens with zero attached hydrogens (tertiary/aromatic N) is 2. The smallest absolute Gasteiger partial charge is 0.126 e. The van der Waals surface area contributed by atoms with Crippen LogP contribution in [0.3, 0.4) is 0 Å². The lowest BCUT2D eigenvalue weighted by Crippen LogP contribution is -2.25. The van der Waals surface area contributed by atoms with Gasteiger partial charge in [0.1, 0.15) is 5.82 Å². The summed E-state index contributed by atoms with van der Waals surface area (Å²) in [5, 5.41) is 7.71. The largest absolute Gasteiger partial charge is 0.305 e. The summed E-state index contributed by atoms with van der Waals surface area (Å²) >= 11 is 0. The van der Waals surface area contributed by atoms with Crippen molar-refractivity contribution in [2.45, 2.75) is 26.3 Å². The van der Waals surface area contributed by atoms with E-state index in [0.717, 1.165) is 24.2 Å². The number of benzene rings is 1. The second kappa shape index (κ2) is 5.97. The van der Waals surface area contributed by atoms with Crippen molar-refractivity contribution in [2.24, 2.45) is 7.05 Å². The molecule has 0 aliphatic carbocycles. The minimum Gasteiger partial charge on any atom is -0.305 e. The normalized spacial score (nSPS) is 12.6. The monoisotopic (exact) mass is 261 g/mol. The van der Waals surface area contributed by atoms with Gasteiger partial charge in [-0.1, -0.05) is 19.1 Å². The van der Waals surface area contributed by atoms with Crippen molar-refractivity contribution < 1.29 is 4.39 Å². The van der Waals surface area contributed by atoms with Crippen molar-refractivity contribution in [3.05, 3.63) is 53.1 Å². The fourth-order valence-electron chi connectivity index (χ4n) is 2.20. The third-order valence-corrected chi connectivity index (χ3v) is 3.27. The Labute approximate surface area is 113 Å². The maximum atomic E-state index is 13.4. The van der Waals surface area contributed by atoms with Crippen molar-refractivity contribution in [2.75, 3.05) is 6.54 Å². The molecule has 1 unspecified atom stereocenters. The summed E-state index contributed by atoms with van der Waals surface area (Å²) in [4.78, 5) is 0. The molecule has 1 aromatic carbocycles. The van der Waals surface area contributed by atoms with Gasteiger partial charge in [0.2, 0.25) is 0 Å². The third-order valence-electron chi connectivity index (χ3n) is 3.27. The van der Waals surface area contributed by atoms with Crippen LogP contribution >= 0.6 is 0 Å². The molecule has 0 bridgehead atoms. The summed E-state index contributed by atoms with van der Waals surface area (Å²) in [5.74, 6) is -0.164. The molecular formula is C15H20FN3. The Balaban J connectivity index is 2.37. The summed E-state index contributed by atoms with van der Waals surface area (Å²) in [6.45, 7) is 4.83. The van der Waals surface area contributed by atoms with Crippen LogP contribution in [0.15, 0.2) is 30.5 Å². The molecule has 0 saturated carbocycles. The van der Waals surface area contributed by atoms with Gasteiger partial charge >= 0.3 is 0 Å². The molecule has 0 spiro atoms. The Morgan fingerprint density at radius 2 is 2.16 bits per heavy atom. The molecule has 1 aromatic heterocycles. The predicted octanol–water partition coefficient (Wildman–Crippen LogP) is 2.96. The molecule has 1 atom stereocenters. The van der Waals surface area contributed by atoms with Crippen LogP contribution in [0, 0.1) is 12.7 Å². The van der Waals surface area contributed by atoms with E-state index in [9.17, 15) is 4.39 Å². The minimum atomic E-state index is -0.164. The molecule has 0 saturated heterocycles. The van der Waals surface area contributed by atoms with Crippen molar-refractivity contribution in [3.8, 4) is 0 Å². The lowest BCUT2D eigenvalue weighted by molar-refractivity contribution is 0.551. The van der Waals surface area contributed by atoms with Crippen molar-refractivity contribution in [3.63, 3.8) is 0 Å². The van der Waals surface area contributed by atoms with Crippen LogP contribution in [-0.2, 0) is 7.05 Å². The number of nitrogens with one attached hydrogen (secondary N) is 1. The van der Waals surface area contributed by atoms with E-state index in [-0.39, 0.29) is 11.9 Å². The topological polar surface area (TPSA) is 29.9 Å². The summed E-state index contributed by atoms with van der Waals surface area (Å²) in [6, 6.07) is 7.30. The Hall–Kier alpha value is -1.68. The molecule has 4 heteroatoms. The molecule has 1 heterocycles. The molecule has 0 aliphatic heterocycles. The zero-order valence-corrected chi connectivity index (χ0v) is 11.7. The van der Waals surface area contributed by atoms with Crippen LogP contribution in [0.1, 0.15) is 36.2 Å². The molecular weight excluding hydrogens is 241 g/mol. The highest BCUT2D eigenvalue weighted by Gasteiger charge is 2.17. The first-order valence-electron chi connectivity index (χ1n) is 6.60. The third kappa shape index (κ3) is 3.01. The molecule has 2 rings (SSSR count). The first-order chi connectivity index (χ1) is 9.13. The summed E-state index contributed by atoms with van der Waals surface area (Å²) in [6.07, 6.45) is 2.83. The standard InChI is InChI=1S/C15H20FN3/c1-4-8-17-15(14-7-9-18-19(14)3)12-5-6-13(16)11(2)10-12/h5-7,9-10,15,17H,4,8H2,1-3H3. The van der Waals surface area contributed by atoms with Crippen LogP contribution in [0.5, 0.6) is 0 Å². The van der Waals surface area contributed by atoms with Crippen LogP contribution in [0.25, 0.3) is 0 Å². The highest BCUT2D eigenvalue weighted by molar-refractivity contribution is 5.31. The fraction of sp³-hybridized carbons (Fsp3) is 0.400. The summed E-state index contributed by atoms with van der Waals surface area (Å²) < 4.78 is 15.3. The molecule has 3 nitrogen and oxygen atoms in total. The van der Waals surface area contributed by atoms with Gasteiger partial charge in [-0.3, -0.25) is 4.68 Å². The Morgan fingerprint density at radius 3 is 2.74 bits per heavy atom. The van der Waals surface area contributed by atoms with E-state index >= 15 is 0 Å². The number of rotatable bonds is 5. The van der Waals surface area contributed by atoms with Gasteiger partial charge in [-0.25, -0.2) is 4.39 Å². The second-order valence-corrected chi connectivity index (χ2v) is 4.78.